The van der Waals surface area contributed by atoms with Gasteiger partial charge in [-0.3, -0.25) is 0 Å². The van der Waals surface area contributed by atoms with E-state index in [-0.39, 0.29) is 62.4 Å². The molecule has 15 N–H and O–H groups in total. The van der Waals surface area contributed by atoms with Gasteiger partial charge in [-0.2, -0.15) is 0 Å². The fourth-order valence-electron chi connectivity index (χ4n) is 8.94. The topological polar surface area (TPSA) is 331 Å². The SMILES string of the molecule is Oc1cc(O)c2c(c1)OC(c1ccc(O)c(O)c1)C(O)C2c1c(O)cc(O)c2c1OC(c1ccc(O)c(O)c1)C(O)C2c1c(O)cc(O)c2c1OC(c1ccc(O)c(O)c1)[C@@H](O)C2. The second-order valence-corrected chi connectivity index (χ2v) is 15.7. The number of fused-ring (bicyclic) bond motifs is 3. The summed E-state index contributed by atoms with van der Waals surface area (Å²) in [5.41, 5.74) is -1.10. The Labute approximate surface area is 354 Å². The molecule has 0 bridgehead atoms. The number of rotatable bonds is 5. The molecule has 63 heavy (non-hydrogen) atoms. The molecule has 0 saturated carbocycles. The first-order chi connectivity index (χ1) is 29.9. The van der Waals surface area contributed by atoms with Crippen LogP contribution in [0.5, 0.6) is 86.2 Å². The predicted molar refractivity (Wildman–Crippen MR) is 214 cm³/mol. The number of phenols is 12. The lowest BCUT2D eigenvalue weighted by Crippen LogP contribution is -2.39. The molecule has 0 aliphatic carbocycles. The van der Waals surface area contributed by atoms with Crippen molar-refractivity contribution in [3.05, 3.63) is 123 Å². The molecule has 3 aliphatic heterocycles. The molecule has 0 aromatic heterocycles. The van der Waals surface area contributed by atoms with E-state index in [0.29, 0.717) is 0 Å². The summed E-state index contributed by atoms with van der Waals surface area (Å²) in [4.78, 5) is 0. The third-order valence-corrected chi connectivity index (χ3v) is 11.8. The predicted octanol–water partition coefficient (Wildman–Crippen LogP) is 4.44. The highest BCUT2D eigenvalue weighted by Gasteiger charge is 2.51. The molecule has 0 amide bonds. The molecule has 18 heteroatoms. The summed E-state index contributed by atoms with van der Waals surface area (Å²) >= 11 is 0. The van der Waals surface area contributed by atoms with Gasteiger partial charge in [0.25, 0.3) is 0 Å². The Kier molecular flexibility index (Phi) is 9.46. The summed E-state index contributed by atoms with van der Waals surface area (Å²) in [5, 5.41) is 166. The molecule has 3 heterocycles. The standard InChI is InChI=1S/C45H38O18/c46-18-10-27(54)33-32(11-18)61-42(16-2-5-21(48)25(52)8-16)39(59)37(33)35-29(56)14-30(57)36-38(40(60)43(63-45(35)36)17-3-6-22(49)26(53)9-17)34-28(55)13-23(50)19-12-31(58)41(62-44(19)34)15-1-4-20(47)24(51)7-15/h1-11,13-14,31,37-43,46-60H,12H2/t31-,37?,38?,39?,40?,41?,42?,43?/m0/s1. The molecule has 0 spiro atoms. The van der Waals surface area contributed by atoms with E-state index in [1.54, 1.807) is 0 Å². The lowest BCUT2D eigenvalue weighted by Gasteiger charge is -2.43. The summed E-state index contributed by atoms with van der Waals surface area (Å²) in [7, 11) is 0. The highest BCUT2D eigenvalue weighted by molar-refractivity contribution is 5.70. The molecule has 0 saturated heterocycles. The number of benzene rings is 6. The Hall–Kier alpha value is -7.80. The van der Waals surface area contributed by atoms with Crippen LogP contribution in [0, 0.1) is 0 Å². The Bertz CT molecular complexity index is 2840. The van der Waals surface area contributed by atoms with Crippen LogP contribution >= 0.6 is 0 Å². The zero-order valence-electron chi connectivity index (χ0n) is 32.3. The van der Waals surface area contributed by atoms with Crippen LogP contribution in [0.25, 0.3) is 0 Å². The average molecular weight is 867 g/mol. The molecule has 3 aliphatic rings. The maximum atomic E-state index is 12.5. The van der Waals surface area contributed by atoms with Crippen molar-refractivity contribution in [3.63, 3.8) is 0 Å². The van der Waals surface area contributed by atoms with Crippen molar-refractivity contribution < 1.29 is 90.8 Å². The number of hydrogen-bond acceptors (Lipinski definition) is 18. The van der Waals surface area contributed by atoms with E-state index in [2.05, 4.69) is 0 Å². The molecular formula is C45H38O18. The molecule has 0 radical (unpaired) electrons. The second kappa shape index (κ2) is 14.7. The van der Waals surface area contributed by atoms with Gasteiger partial charge >= 0.3 is 0 Å². The summed E-state index contributed by atoms with van der Waals surface area (Å²) in [6.45, 7) is 0. The smallest absolute Gasteiger partial charge is 0.157 e. The van der Waals surface area contributed by atoms with Crippen LogP contribution in [-0.2, 0) is 6.42 Å². The average Bonchev–Trinajstić information content (AvgIpc) is 3.22. The van der Waals surface area contributed by atoms with Crippen LogP contribution in [0.1, 0.15) is 74.7 Å². The minimum atomic E-state index is -1.90. The van der Waals surface area contributed by atoms with Crippen LogP contribution < -0.4 is 14.2 Å². The van der Waals surface area contributed by atoms with Gasteiger partial charge in [-0.05, 0) is 53.1 Å². The van der Waals surface area contributed by atoms with E-state index in [0.717, 1.165) is 60.7 Å². The zero-order chi connectivity index (χ0) is 44.9. The molecule has 0 fully saturated rings. The first kappa shape index (κ1) is 40.6. The molecule has 326 valence electrons. The number of phenolic OH excluding ortho intramolecular Hbond substituents is 12. The van der Waals surface area contributed by atoms with Gasteiger partial charge in [0.1, 0.15) is 70.1 Å². The van der Waals surface area contributed by atoms with Gasteiger partial charge in [0, 0.05) is 58.5 Å². The van der Waals surface area contributed by atoms with Gasteiger partial charge in [-0.25, -0.2) is 0 Å². The Balaban J connectivity index is 1.31. The first-order valence-electron chi connectivity index (χ1n) is 19.3. The van der Waals surface area contributed by atoms with Gasteiger partial charge in [-0.15, -0.1) is 0 Å². The summed E-state index contributed by atoms with van der Waals surface area (Å²) in [6, 6.07) is 14.4. The minimum Gasteiger partial charge on any atom is -0.508 e. The molecule has 18 nitrogen and oxygen atoms in total. The van der Waals surface area contributed by atoms with Gasteiger partial charge in [0.2, 0.25) is 0 Å². The van der Waals surface area contributed by atoms with Crippen LogP contribution in [0.2, 0.25) is 0 Å². The summed E-state index contributed by atoms with van der Waals surface area (Å²) in [5.74, 6) is -11.5. The lowest BCUT2D eigenvalue weighted by molar-refractivity contribution is -0.00562. The van der Waals surface area contributed by atoms with Gasteiger partial charge in [0.05, 0.1) is 17.9 Å². The van der Waals surface area contributed by atoms with Crippen molar-refractivity contribution in [2.24, 2.45) is 0 Å². The van der Waals surface area contributed by atoms with Crippen molar-refractivity contribution in [1.29, 1.82) is 0 Å². The minimum absolute atomic E-state index is 0.0127. The van der Waals surface area contributed by atoms with E-state index in [1.807, 2.05) is 0 Å². The van der Waals surface area contributed by atoms with Crippen molar-refractivity contribution in [1.82, 2.24) is 0 Å². The van der Waals surface area contributed by atoms with E-state index in [4.69, 9.17) is 14.2 Å². The second-order valence-electron chi connectivity index (χ2n) is 15.7. The third-order valence-electron chi connectivity index (χ3n) is 11.8. The van der Waals surface area contributed by atoms with E-state index in [9.17, 15) is 76.6 Å². The molecule has 8 atom stereocenters. The maximum absolute atomic E-state index is 12.5. The third kappa shape index (κ3) is 6.46. The summed E-state index contributed by atoms with van der Waals surface area (Å²) < 4.78 is 18.9. The van der Waals surface area contributed by atoms with Crippen molar-refractivity contribution in [3.8, 4) is 86.2 Å². The van der Waals surface area contributed by atoms with Crippen molar-refractivity contribution >= 4 is 0 Å². The van der Waals surface area contributed by atoms with Crippen LogP contribution in [0.3, 0.4) is 0 Å². The van der Waals surface area contributed by atoms with Gasteiger partial charge in [0.15, 0.2) is 46.7 Å². The molecule has 9 rings (SSSR count). The van der Waals surface area contributed by atoms with Crippen molar-refractivity contribution in [2.45, 2.75) is 54.9 Å². The molecule has 7 unspecified atom stereocenters. The highest BCUT2D eigenvalue weighted by Crippen LogP contribution is 2.62. The largest absolute Gasteiger partial charge is 0.508 e. The fourth-order valence-corrected chi connectivity index (χ4v) is 8.94. The quantitative estimate of drug-likeness (QED) is 0.106. The van der Waals surface area contributed by atoms with Crippen molar-refractivity contribution in [2.75, 3.05) is 0 Å². The summed E-state index contributed by atoms with van der Waals surface area (Å²) in [6.07, 6.45) is -9.93. The maximum Gasteiger partial charge on any atom is 0.157 e. The van der Waals surface area contributed by atoms with Gasteiger partial charge < -0.3 is 90.8 Å². The number of aliphatic hydroxyl groups is 3. The first-order valence-corrected chi connectivity index (χ1v) is 19.3. The van der Waals surface area contributed by atoms with Crippen LogP contribution in [-0.4, -0.2) is 94.9 Å². The monoisotopic (exact) mass is 866 g/mol. The van der Waals surface area contributed by atoms with Crippen LogP contribution in [0.15, 0.2) is 78.9 Å². The molecular weight excluding hydrogens is 828 g/mol. The normalized spacial score (nSPS) is 23.6. The van der Waals surface area contributed by atoms with Gasteiger partial charge in [-0.1, -0.05) is 18.2 Å². The molecule has 6 aromatic carbocycles. The Morgan fingerprint density at radius 3 is 1.29 bits per heavy atom. The number of hydrogen-bond donors (Lipinski definition) is 15. The number of ether oxygens (including phenoxy) is 3. The zero-order valence-corrected chi connectivity index (χ0v) is 32.3. The number of aliphatic hydroxyl groups excluding tert-OH is 3. The highest BCUT2D eigenvalue weighted by atomic mass is 16.5. The van der Waals surface area contributed by atoms with Crippen LogP contribution in [0.4, 0.5) is 0 Å². The molecule has 6 aromatic rings. The van der Waals surface area contributed by atoms with E-state index < -0.39 is 123 Å². The Morgan fingerprint density at radius 2 is 0.778 bits per heavy atom. The Morgan fingerprint density at radius 1 is 0.365 bits per heavy atom. The lowest BCUT2D eigenvalue weighted by atomic mass is 9.73. The van der Waals surface area contributed by atoms with E-state index in [1.165, 1.54) is 18.2 Å². The fraction of sp³-hybridized carbons (Fsp3) is 0.200. The number of aromatic hydroxyl groups is 12. The van der Waals surface area contributed by atoms with E-state index >= 15 is 0 Å².